The Balaban J connectivity index is 0.954. The van der Waals surface area contributed by atoms with E-state index >= 15 is 0 Å². The fourth-order valence-corrected chi connectivity index (χ4v) is 11.6. The zero-order chi connectivity index (χ0) is 47.2. The quantitative estimate of drug-likeness (QED) is 0.118. The standard InChI is InChI=1S/C50H60N8O6S2/c1-27-30(4)66-49-43(27)44(53-39(23-42(61)64-9)46-55-54-31(5)58(46)49)33-16-18-36(19-17-33)56-20-10-11-35(24-56)41(60)22-38(50(6,7)8)48(63)57-25-37(59)21-40(57)47(62)52-28(2)32-12-14-34(15-13-32)45-29(3)51-26-65-45/h12-19,26,28,35,37-40,59H,10-11,20-25H2,1-9H3,(H,52,62)/t28-,35-,37+,38+,39-,40-/m0/s1. The SMILES string of the molecule is COC(=O)C[C@@H]1N=C(c2ccc(N3CCC[C@H](C(=O)C[C@H](C(=O)N4C[C@H](O)C[C@H]4C(=O)N[C@@H](C)c4ccc(-c5scnc5C)cc4)C(C)(C)C)C3)cc2)c2c(sc(C)c2C)-n2c(C)nnc21. The van der Waals surface area contributed by atoms with E-state index in [1.807, 2.05) is 75.9 Å². The summed E-state index contributed by atoms with van der Waals surface area (Å²) in [6, 6.07) is 14.5. The minimum Gasteiger partial charge on any atom is -0.469 e. The van der Waals surface area contributed by atoms with Gasteiger partial charge < -0.3 is 25.0 Å². The van der Waals surface area contributed by atoms with Crippen molar-refractivity contribution in [3.63, 3.8) is 0 Å². The maximum atomic E-state index is 14.6. The summed E-state index contributed by atoms with van der Waals surface area (Å²) in [5.41, 5.74) is 8.94. The second kappa shape index (κ2) is 19.0. The predicted octanol–water partition coefficient (Wildman–Crippen LogP) is 7.82. The number of nitrogens with one attached hydrogen (secondary N) is 1. The van der Waals surface area contributed by atoms with Gasteiger partial charge in [0.2, 0.25) is 11.8 Å². The number of nitrogens with zero attached hydrogens (tertiary/aromatic N) is 7. The van der Waals surface area contributed by atoms with Crippen molar-refractivity contribution in [1.29, 1.82) is 0 Å². The van der Waals surface area contributed by atoms with Gasteiger partial charge in [-0.15, -0.1) is 32.9 Å². The summed E-state index contributed by atoms with van der Waals surface area (Å²) in [5, 5.41) is 23.7. The molecule has 6 atom stereocenters. The van der Waals surface area contributed by atoms with E-state index in [1.165, 1.54) is 12.0 Å². The van der Waals surface area contributed by atoms with E-state index in [0.717, 1.165) is 84.9 Å². The molecule has 6 heterocycles. The molecular weight excluding hydrogens is 873 g/mol. The number of hydrogen-bond donors (Lipinski definition) is 2. The number of ketones is 1. The Morgan fingerprint density at radius 2 is 1.68 bits per heavy atom. The number of methoxy groups -OCH3 is 1. The first kappa shape index (κ1) is 46.9. The van der Waals surface area contributed by atoms with Crippen LogP contribution in [-0.2, 0) is 23.9 Å². The van der Waals surface area contributed by atoms with E-state index in [1.54, 1.807) is 22.7 Å². The third kappa shape index (κ3) is 9.36. The van der Waals surface area contributed by atoms with Crippen molar-refractivity contribution in [3.8, 4) is 15.4 Å². The zero-order valence-corrected chi connectivity index (χ0v) is 40.9. The number of aliphatic hydroxyl groups excluding tert-OH is 1. The van der Waals surface area contributed by atoms with Crippen LogP contribution in [0.4, 0.5) is 5.69 Å². The predicted molar refractivity (Wildman–Crippen MR) is 257 cm³/mol. The molecule has 0 saturated carbocycles. The lowest BCUT2D eigenvalue weighted by molar-refractivity contribution is -0.147. The maximum Gasteiger partial charge on any atom is 0.308 e. The number of aliphatic hydroxyl groups is 1. The number of β-amino-alcohol motifs (C(OH)–C–C–N with tert-alkyl or cyclic N) is 1. The number of benzene rings is 2. The van der Waals surface area contributed by atoms with Crippen LogP contribution in [0.5, 0.6) is 0 Å². The second-order valence-electron chi connectivity index (χ2n) is 19.1. The van der Waals surface area contributed by atoms with Gasteiger partial charge in [-0.05, 0) is 81.7 Å². The topological polar surface area (TPSA) is 172 Å². The van der Waals surface area contributed by atoms with Crippen LogP contribution in [0.25, 0.3) is 15.4 Å². The van der Waals surface area contributed by atoms with E-state index in [-0.39, 0.29) is 61.3 Å². The number of likely N-dealkylation sites (tertiary alicyclic amines) is 1. The van der Waals surface area contributed by atoms with E-state index < -0.39 is 29.5 Å². The molecule has 2 fully saturated rings. The number of thiazole rings is 1. The van der Waals surface area contributed by atoms with Gasteiger partial charge in [-0.1, -0.05) is 57.2 Å². The number of carbonyl (C=O) groups is 4. The van der Waals surface area contributed by atoms with Crippen molar-refractivity contribution in [2.24, 2.45) is 22.2 Å². The molecular formula is C50H60N8O6S2. The number of aliphatic imine (C=N–C) groups is 1. The summed E-state index contributed by atoms with van der Waals surface area (Å²) in [5.74, 6) is -0.615. The first-order chi connectivity index (χ1) is 31.4. The van der Waals surface area contributed by atoms with Crippen molar-refractivity contribution in [2.45, 2.75) is 112 Å². The minimum atomic E-state index is -0.854. The number of thiophene rings is 1. The largest absolute Gasteiger partial charge is 0.469 e. The van der Waals surface area contributed by atoms with Crippen LogP contribution in [0.1, 0.15) is 116 Å². The van der Waals surface area contributed by atoms with Crippen LogP contribution >= 0.6 is 22.7 Å². The average Bonchev–Trinajstić information content (AvgIpc) is 4.07. The van der Waals surface area contributed by atoms with E-state index in [9.17, 15) is 24.3 Å². The van der Waals surface area contributed by atoms with Crippen molar-refractivity contribution >= 4 is 57.6 Å². The molecule has 0 radical (unpaired) electrons. The summed E-state index contributed by atoms with van der Waals surface area (Å²) < 4.78 is 7.07. The number of ether oxygens (including phenoxy) is 1. The third-order valence-corrected chi connectivity index (χ3v) is 15.8. The highest BCUT2D eigenvalue weighted by Crippen LogP contribution is 2.41. The zero-order valence-electron chi connectivity index (χ0n) is 39.3. The lowest BCUT2D eigenvalue weighted by atomic mass is 9.75. The number of esters is 1. The van der Waals surface area contributed by atoms with E-state index in [0.29, 0.717) is 12.4 Å². The number of Topliss-reactive ketones (excluding diaryl/α,β-unsaturated/α-hetero) is 1. The fourth-order valence-electron chi connectivity index (χ4n) is 9.60. The Bertz CT molecular complexity index is 2660. The fraction of sp³-hybridized carbons (Fsp3) is 0.480. The molecule has 8 rings (SSSR count). The molecule has 16 heteroatoms. The molecule has 14 nitrogen and oxygen atoms in total. The summed E-state index contributed by atoms with van der Waals surface area (Å²) in [6.45, 7) is 17.2. The normalized spacial score (nSPS) is 20.5. The minimum absolute atomic E-state index is 0.0219. The Kier molecular flexibility index (Phi) is 13.5. The molecule has 2 saturated heterocycles. The second-order valence-corrected chi connectivity index (χ2v) is 21.2. The van der Waals surface area contributed by atoms with Gasteiger partial charge in [0.25, 0.3) is 0 Å². The van der Waals surface area contributed by atoms with E-state index in [2.05, 4.69) is 63.5 Å². The number of rotatable bonds is 12. The smallest absolute Gasteiger partial charge is 0.308 e. The Hall–Kier alpha value is -5.58. The lowest BCUT2D eigenvalue weighted by Crippen LogP contribution is -2.51. The van der Waals surface area contributed by atoms with Crippen molar-refractivity contribution in [2.75, 3.05) is 31.6 Å². The summed E-state index contributed by atoms with van der Waals surface area (Å²) in [4.78, 5) is 70.9. The molecule has 3 aliphatic heterocycles. The van der Waals surface area contributed by atoms with Crippen LogP contribution in [0, 0.1) is 44.9 Å². The third-order valence-electron chi connectivity index (χ3n) is 13.6. The highest BCUT2D eigenvalue weighted by atomic mass is 32.1. The molecule has 0 aliphatic carbocycles. The van der Waals surface area contributed by atoms with Crippen LogP contribution in [0.15, 0.2) is 59.0 Å². The van der Waals surface area contributed by atoms with E-state index in [4.69, 9.17) is 9.73 Å². The lowest BCUT2D eigenvalue weighted by Gasteiger charge is -2.37. The Morgan fingerprint density at radius 3 is 2.35 bits per heavy atom. The highest BCUT2D eigenvalue weighted by Gasteiger charge is 2.45. The molecule has 0 unspecified atom stereocenters. The first-order valence-electron chi connectivity index (χ1n) is 22.8. The number of anilines is 1. The number of aryl methyl sites for hydroxylation is 3. The summed E-state index contributed by atoms with van der Waals surface area (Å²) in [6.07, 6.45) is 0.883. The highest BCUT2D eigenvalue weighted by molar-refractivity contribution is 7.15. The molecule has 2 amide bonds. The van der Waals surface area contributed by atoms with Gasteiger partial charge in [-0.2, -0.15) is 0 Å². The monoisotopic (exact) mass is 932 g/mol. The number of fused-ring (bicyclic) bond motifs is 3. The summed E-state index contributed by atoms with van der Waals surface area (Å²) >= 11 is 3.24. The number of carbonyl (C=O) groups excluding carboxylic acids is 4. The van der Waals surface area contributed by atoms with Crippen LogP contribution in [0.2, 0.25) is 0 Å². The van der Waals surface area contributed by atoms with Gasteiger partial charge in [0.15, 0.2) is 5.82 Å². The molecule has 3 aromatic heterocycles. The maximum absolute atomic E-state index is 14.6. The van der Waals surface area contributed by atoms with Gasteiger partial charge in [-0.3, -0.25) is 28.7 Å². The molecule has 3 aliphatic rings. The van der Waals surface area contributed by atoms with Crippen LogP contribution in [0.3, 0.4) is 0 Å². The van der Waals surface area contributed by atoms with Crippen molar-refractivity contribution < 1.29 is 29.0 Å². The number of piperidine rings is 1. The van der Waals surface area contributed by atoms with Crippen LogP contribution in [-0.4, -0.2) is 97.9 Å². The molecule has 0 bridgehead atoms. The number of amides is 2. The van der Waals surface area contributed by atoms with Crippen molar-refractivity contribution in [1.82, 2.24) is 30.0 Å². The van der Waals surface area contributed by atoms with Gasteiger partial charge in [0.1, 0.15) is 28.7 Å². The van der Waals surface area contributed by atoms with Crippen LogP contribution < -0.4 is 10.2 Å². The number of hydrogen-bond acceptors (Lipinski definition) is 13. The number of aromatic nitrogens is 4. The molecule has 66 heavy (non-hydrogen) atoms. The Morgan fingerprint density at radius 1 is 0.970 bits per heavy atom. The van der Waals surface area contributed by atoms with Gasteiger partial charge in [0, 0.05) is 66.0 Å². The molecule has 5 aromatic rings. The first-order valence-corrected chi connectivity index (χ1v) is 24.5. The molecule has 348 valence electrons. The van der Waals surface area contributed by atoms with Crippen molar-refractivity contribution in [3.05, 3.63) is 98.5 Å². The molecule has 2 N–H and O–H groups in total. The Labute approximate surface area is 394 Å². The van der Waals surface area contributed by atoms with Gasteiger partial charge in [-0.25, -0.2) is 4.98 Å². The average molecular weight is 933 g/mol. The summed E-state index contributed by atoms with van der Waals surface area (Å²) in [7, 11) is 1.37. The van der Waals surface area contributed by atoms with Gasteiger partial charge >= 0.3 is 5.97 Å². The molecule has 0 spiro atoms. The molecule has 2 aromatic carbocycles. The van der Waals surface area contributed by atoms with Gasteiger partial charge in [0.05, 0.1) is 47.5 Å².